The molecule has 1 aromatic carbocycles. The molecular formula is C24H38N2Na2O6S2. The Morgan fingerprint density at radius 3 is 1.56 bits per heavy atom. The topological polar surface area (TPSA) is 143 Å². The van der Waals surface area contributed by atoms with Crippen molar-refractivity contribution in [1.82, 2.24) is 9.97 Å². The molecule has 0 radical (unpaired) electrons. The smallest absolute Gasteiger partial charge is 0.744 e. The Hall–Kier alpha value is 0.510. The van der Waals surface area contributed by atoms with Gasteiger partial charge in [-0.15, -0.1) is 0 Å². The number of imidazole rings is 1. The van der Waals surface area contributed by atoms with E-state index in [9.17, 15) is 25.9 Å². The van der Waals surface area contributed by atoms with E-state index >= 15 is 0 Å². The Bertz CT molecular complexity index is 1110. The Kier molecular flexibility index (Phi) is 19.0. The van der Waals surface area contributed by atoms with Crippen molar-refractivity contribution in [2.75, 3.05) is 0 Å². The van der Waals surface area contributed by atoms with Crippen LogP contribution in [-0.4, -0.2) is 35.9 Å². The molecule has 0 aliphatic heterocycles. The molecule has 0 spiro atoms. The number of aromatic nitrogens is 2. The zero-order chi connectivity index (χ0) is 25.0. The normalized spacial score (nSPS) is 11.9. The fourth-order valence-corrected chi connectivity index (χ4v) is 5.67. The van der Waals surface area contributed by atoms with Crippen LogP contribution in [0.3, 0.4) is 0 Å². The second-order valence-corrected chi connectivity index (χ2v) is 11.7. The van der Waals surface area contributed by atoms with E-state index in [0.717, 1.165) is 19.3 Å². The number of fused-ring (bicyclic) bond motifs is 1. The molecule has 1 N–H and O–H groups in total. The molecule has 36 heavy (non-hydrogen) atoms. The molecular weight excluding hydrogens is 522 g/mol. The van der Waals surface area contributed by atoms with Gasteiger partial charge in [-0.25, -0.2) is 21.8 Å². The zero-order valence-corrected chi connectivity index (χ0v) is 27.8. The van der Waals surface area contributed by atoms with E-state index in [1.54, 1.807) is 0 Å². The fraction of sp³-hybridized carbons (Fsp3) is 0.708. The molecule has 2 aromatic rings. The summed E-state index contributed by atoms with van der Waals surface area (Å²) in [6.07, 6.45) is 18.6. The van der Waals surface area contributed by atoms with Crippen molar-refractivity contribution in [3.8, 4) is 0 Å². The van der Waals surface area contributed by atoms with Crippen LogP contribution in [0.4, 0.5) is 0 Å². The molecule has 194 valence electrons. The van der Waals surface area contributed by atoms with Crippen molar-refractivity contribution in [1.29, 1.82) is 0 Å². The predicted octanol–water partition coefficient (Wildman–Crippen LogP) is -0.207. The van der Waals surface area contributed by atoms with Gasteiger partial charge in [0.2, 0.25) is 5.16 Å². The standard InChI is InChI=1S/C24H40N2O6S2.2Na/c1-2-3-4-5-6-7-8-9-10-11-12-13-14-15-16-17-20-18-19-21-22(23(20)33(27,28)29)26-24(25-21)34(30,31)32;;/h18-19H,2-17H2,1H3,(H,25,26)(H,27,28,29)(H,30,31,32);;/q;2*+1/p-2. The number of aromatic amines is 1. The van der Waals surface area contributed by atoms with Gasteiger partial charge in [0.05, 0.1) is 10.4 Å². The Labute approximate surface area is 261 Å². The van der Waals surface area contributed by atoms with E-state index in [-0.39, 0.29) is 70.1 Å². The molecule has 0 atom stereocenters. The summed E-state index contributed by atoms with van der Waals surface area (Å²) in [7, 11) is -9.79. The van der Waals surface area contributed by atoms with Gasteiger partial charge in [-0.05, 0) is 24.5 Å². The van der Waals surface area contributed by atoms with Crippen molar-refractivity contribution in [3.05, 3.63) is 17.7 Å². The van der Waals surface area contributed by atoms with E-state index in [0.29, 0.717) is 18.4 Å². The Balaban J connectivity index is 0.00000612. The van der Waals surface area contributed by atoms with Gasteiger partial charge in [-0.1, -0.05) is 103 Å². The molecule has 0 unspecified atom stereocenters. The maximum Gasteiger partial charge on any atom is 1.00 e. The summed E-state index contributed by atoms with van der Waals surface area (Å²) in [6, 6.07) is 2.93. The largest absolute Gasteiger partial charge is 1.00 e. The quantitative estimate of drug-likeness (QED) is 0.151. The maximum atomic E-state index is 11.8. The third-order valence-corrected chi connectivity index (χ3v) is 7.83. The van der Waals surface area contributed by atoms with Gasteiger partial charge in [0.25, 0.3) is 0 Å². The van der Waals surface area contributed by atoms with Gasteiger partial charge in [0.1, 0.15) is 15.6 Å². The first kappa shape index (κ1) is 36.5. The van der Waals surface area contributed by atoms with E-state index in [2.05, 4.69) is 16.9 Å². The molecule has 0 amide bonds. The molecule has 8 nitrogen and oxygen atoms in total. The molecule has 2 rings (SSSR count). The van der Waals surface area contributed by atoms with Gasteiger partial charge in [-0.2, -0.15) is 0 Å². The van der Waals surface area contributed by atoms with Crippen molar-refractivity contribution >= 4 is 31.3 Å². The van der Waals surface area contributed by atoms with Crippen molar-refractivity contribution in [2.24, 2.45) is 0 Å². The van der Waals surface area contributed by atoms with Crippen LogP contribution in [0.1, 0.15) is 109 Å². The third kappa shape index (κ3) is 13.0. The van der Waals surface area contributed by atoms with Gasteiger partial charge >= 0.3 is 59.1 Å². The molecule has 0 fully saturated rings. The summed E-state index contributed by atoms with van der Waals surface area (Å²) >= 11 is 0. The average Bonchev–Trinajstić information content (AvgIpc) is 3.20. The number of nitrogens with zero attached hydrogens (tertiary/aromatic N) is 1. The van der Waals surface area contributed by atoms with Crippen molar-refractivity contribution in [3.63, 3.8) is 0 Å². The minimum Gasteiger partial charge on any atom is -0.744 e. The number of rotatable bonds is 18. The number of unbranched alkanes of at least 4 members (excludes halogenated alkanes) is 14. The number of hydrogen-bond acceptors (Lipinski definition) is 7. The van der Waals surface area contributed by atoms with Gasteiger partial charge in [0, 0.05) is 0 Å². The van der Waals surface area contributed by atoms with Crippen molar-refractivity contribution in [2.45, 2.75) is 120 Å². The number of H-pyrrole nitrogens is 1. The summed E-state index contributed by atoms with van der Waals surface area (Å²) in [5, 5.41) is -0.892. The number of nitrogens with one attached hydrogen (secondary N) is 1. The van der Waals surface area contributed by atoms with Gasteiger partial charge < -0.3 is 14.1 Å². The first-order valence-corrected chi connectivity index (χ1v) is 15.4. The average molecular weight is 561 g/mol. The molecule has 1 heterocycles. The van der Waals surface area contributed by atoms with Gasteiger partial charge in [-0.3, -0.25) is 0 Å². The molecule has 0 saturated heterocycles. The van der Waals surface area contributed by atoms with Gasteiger partial charge in [0.15, 0.2) is 10.1 Å². The summed E-state index contributed by atoms with van der Waals surface area (Å²) in [5.74, 6) is 0. The van der Waals surface area contributed by atoms with E-state index < -0.39 is 30.3 Å². The second kappa shape index (κ2) is 18.7. The minimum absolute atomic E-state index is 0. The molecule has 0 aliphatic carbocycles. The first-order valence-electron chi connectivity index (χ1n) is 12.6. The molecule has 0 aliphatic rings. The minimum atomic E-state index is -4.90. The first-order chi connectivity index (χ1) is 16.1. The Morgan fingerprint density at radius 2 is 1.14 bits per heavy atom. The summed E-state index contributed by atoms with van der Waals surface area (Å²) in [4.78, 5) is 5.34. The summed E-state index contributed by atoms with van der Waals surface area (Å²) in [5.41, 5.74) is 0.0468. The summed E-state index contributed by atoms with van der Waals surface area (Å²) in [6.45, 7) is 2.24. The molecule has 0 bridgehead atoms. The number of hydrogen-bond donors (Lipinski definition) is 1. The fourth-order valence-electron chi connectivity index (χ4n) is 4.35. The predicted molar refractivity (Wildman–Crippen MR) is 131 cm³/mol. The van der Waals surface area contributed by atoms with Crippen LogP contribution in [0.2, 0.25) is 0 Å². The van der Waals surface area contributed by atoms with Crippen LogP contribution in [0, 0.1) is 0 Å². The van der Waals surface area contributed by atoms with Crippen LogP contribution >= 0.6 is 0 Å². The van der Waals surface area contributed by atoms with Crippen LogP contribution in [-0.2, 0) is 26.7 Å². The van der Waals surface area contributed by atoms with Crippen LogP contribution in [0.25, 0.3) is 11.0 Å². The maximum absolute atomic E-state index is 11.8. The zero-order valence-electron chi connectivity index (χ0n) is 22.2. The van der Waals surface area contributed by atoms with E-state index in [4.69, 9.17) is 0 Å². The van der Waals surface area contributed by atoms with Crippen LogP contribution in [0.15, 0.2) is 22.2 Å². The molecule has 0 saturated carbocycles. The summed E-state index contributed by atoms with van der Waals surface area (Å²) < 4.78 is 69.2. The number of aryl methyl sites for hydroxylation is 1. The van der Waals surface area contributed by atoms with Crippen molar-refractivity contribution < 1.29 is 85.1 Å². The SMILES string of the molecule is CCCCCCCCCCCCCCCCCc1ccc2[nH]c(S(=O)(=O)[O-])nc2c1S(=O)(=O)[O-].[Na+].[Na+]. The molecule has 1 aromatic heterocycles. The van der Waals surface area contributed by atoms with Crippen LogP contribution in [0.5, 0.6) is 0 Å². The van der Waals surface area contributed by atoms with E-state index in [1.165, 1.54) is 82.8 Å². The second-order valence-electron chi connectivity index (χ2n) is 9.10. The Morgan fingerprint density at radius 1 is 0.694 bits per heavy atom. The van der Waals surface area contributed by atoms with E-state index in [1.807, 2.05) is 0 Å². The van der Waals surface area contributed by atoms with Crippen LogP contribution < -0.4 is 59.1 Å². The number of benzene rings is 1. The third-order valence-electron chi connectivity index (χ3n) is 6.20. The monoisotopic (exact) mass is 560 g/mol. The molecule has 12 heteroatoms.